The predicted molar refractivity (Wildman–Crippen MR) is 156 cm³/mol. The van der Waals surface area contributed by atoms with Gasteiger partial charge >= 0.3 is 0 Å². The van der Waals surface area contributed by atoms with Gasteiger partial charge in [-0.05, 0) is 116 Å². The molecule has 2 aliphatic carbocycles. The molecule has 1 atom stereocenters. The zero-order chi connectivity index (χ0) is 28.5. The summed E-state index contributed by atoms with van der Waals surface area (Å²) in [4.78, 5) is 42.1. The Morgan fingerprint density at radius 3 is 2.46 bits per heavy atom. The van der Waals surface area contributed by atoms with Crippen LogP contribution in [0.3, 0.4) is 0 Å². The van der Waals surface area contributed by atoms with E-state index in [4.69, 9.17) is 0 Å². The van der Waals surface area contributed by atoms with Gasteiger partial charge in [-0.2, -0.15) is 0 Å². The Hall–Kier alpha value is -3.74. The molecule has 7 heteroatoms. The van der Waals surface area contributed by atoms with Crippen molar-refractivity contribution in [1.29, 1.82) is 0 Å². The average Bonchev–Trinajstić information content (AvgIpc) is 3.70. The predicted octanol–water partition coefficient (Wildman–Crippen LogP) is 5.87. The third-order valence-corrected chi connectivity index (χ3v) is 9.28. The number of H-pyrrole nitrogens is 1. The minimum Gasteiger partial charge on any atom is -0.361 e. The van der Waals surface area contributed by atoms with E-state index in [1.165, 1.54) is 31.7 Å². The topological polar surface area (TPSA) is 91.1 Å². The van der Waals surface area contributed by atoms with Gasteiger partial charge in [0.2, 0.25) is 11.8 Å². The molecule has 0 saturated heterocycles. The molecule has 2 aromatic carbocycles. The van der Waals surface area contributed by atoms with Crippen LogP contribution in [0, 0.1) is 23.6 Å². The van der Waals surface area contributed by atoms with E-state index in [9.17, 15) is 18.8 Å². The van der Waals surface area contributed by atoms with Gasteiger partial charge in [0.1, 0.15) is 5.82 Å². The molecule has 3 N–H and O–H groups in total. The minimum absolute atomic E-state index is 0.0811. The highest BCUT2D eigenvalue weighted by atomic mass is 19.1. The van der Waals surface area contributed by atoms with Crippen molar-refractivity contribution >= 4 is 28.5 Å². The fourth-order valence-corrected chi connectivity index (χ4v) is 6.84. The van der Waals surface area contributed by atoms with Gasteiger partial charge in [-0.25, -0.2) is 4.39 Å². The first-order valence-corrected chi connectivity index (χ1v) is 15.0. The van der Waals surface area contributed by atoms with E-state index in [1.807, 2.05) is 37.4 Å². The fourth-order valence-electron chi connectivity index (χ4n) is 6.84. The SMILES string of the molecule is CC1=C(C(=O)Cc2ccc3[nH]ccc3c2)C(c2ccc(F)c(CC(=O)NCC3CCC(C4CC4)CC3)c2)NC(=O)C1. The molecule has 2 amide bonds. The van der Waals surface area contributed by atoms with Gasteiger partial charge in [-0.3, -0.25) is 14.4 Å². The summed E-state index contributed by atoms with van der Waals surface area (Å²) in [6.45, 7) is 2.44. The number of Topliss-reactive ketones (excluding diaryl/α,β-unsaturated/α-hetero) is 1. The number of hydrogen-bond donors (Lipinski definition) is 3. The lowest BCUT2D eigenvalue weighted by molar-refractivity contribution is -0.122. The molecule has 0 spiro atoms. The van der Waals surface area contributed by atoms with E-state index in [-0.39, 0.29) is 42.4 Å². The molecular formula is C34H38FN3O3. The van der Waals surface area contributed by atoms with Crippen molar-refractivity contribution in [3.05, 3.63) is 82.3 Å². The van der Waals surface area contributed by atoms with Crippen LogP contribution < -0.4 is 10.6 Å². The Labute approximate surface area is 240 Å². The van der Waals surface area contributed by atoms with Crippen molar-refractivity contribution in [1.82, 2.24) is 15.6 Å². The summed E-state index contributed by atoms with van der Waals surface area (Å²) in [5, 5.41) is 7.00. The summed E-state index contributed by atoms with van der Waals surface area (Å²) >= 11 is 0. The number of rotatable bonds is 9. The van der Waals surface area contributed by atoms with Gasteiger partial charge in [-0.1, -0.05) is 17.7 Å². The lowest BCUT2D eigenvalue weighted by Gasteiger charge is -2.29. The quantitative estimate of drug-likeness (QED) is 0.308. The summed E-state index contributed by atoms with van der Waals surface area (Å²) in [6, 6.07) is 11.7. The lowest BCUT2D eigenvalue weighted by atomic mass is 9.79. The third-order valence-electron chi connectivity index (χ3n) is 9.28. The summed E-state index contributed by atoms with van der Waals surface area (Å²) in [5.74, 6) is 1.36. The second kappa shape index (κ2) is 11.6. The van der Waals surface area contributed by atoms with Crippen molar-refractivity contribution in [3.8, 4) is 0 Å². The molecule has 6 nitrogen and oxygen atoms in total. The average molecular weight is 556 g/mol. The van der Waals surface area contributed by atoms with E-state index in [0.29, 0.717) is 29.2 Å². The maximum Gasteiger partial charge on any atom is 0.224 e. The number of hydrogen-bond acceptors (Lipinski definition) is 3. The first-order valence-electron chi connectivity index (χ1n) is 15.0. The Kier molecular flexibility index (Phi) is 7.78. The second-order valence-electron chi connectivity index (χ2n) is 12.3. The molecule has 3 aliphatic rings. The Balaban J connectivity index is 1.14. The van der Waals surface area contributed by atoms with Crippen LogP contribution in [0.1, 0.15) is 74.6 Å². The second-order valence-corrected chi connectivity index (χ2v) is 12.3. The van der Waals surface area contributed by atoms with Crippen LogP contribution in [0.2, 0.25) is 0 Å². The third kappa shape index (κ3) is 6.29. The maximum absolute atomic E-state index is 14.9. The smallest absolute Gasteiger partial charge is 0.224 e. The number of fused-ring (bicyclic) bond motifs is 1. The van der Waals surface area contributed by atoms with Crippen LogP contribution in [0.5, 0.6) is 0 Å². The molecule has 41 heavy (non-hydrogen) atoms. The molecule has 0 bridgehead atoms. The van der Waals surface area contributed by atoms with Crippen LogP contribution in [-0.2, 0) is 27.2 Å². The molecule has 1 aromatic heterocycles. The summed E-state index contributed by atoms with van der Waals surface area (Å²) in [5.41, 5.74) is 4.00. The van der Waals surface area contributed by atoms with E-state index < -0.39 is 11.9 Å². The van der Waals surface area contributed by atoms with E-state index in [0.717, 1.165) is 41.1 Å². The zero-order valence-corrected chi connectivity index (χ0v) is 23.6. The number of aromatic amines is 1. The standard InChI is InChI=1S/C34H38FN3O3/c1-20-14-32(41)38-34(33(20)30(39)16-22-4-11-29-25(15-22)12-13-36-29)26-9-10-28(35)27(17-26)18-31(40)37-19-21-2-5-23(6-3-21)24-7-8-24/h4,9-13,15,17,21,23-24,34,36H,2-3,5-8,14,16,18-19H2,1H3,(H,37,40)(H,38,41). The van der Waals surface area contributed by atoms with Crippen molar-refractivity contribution in [2.45, 2.75) is 70.8 Å². The summed E-state index contributed by atoms with van der Waals surface area (Å²) in [6.07, 6.45) is 9.69. The highest BCUT2D eigenvalue weighted by Crippen LogP contribution is 2.45. The van der Waals surface area contributed by atoms with E-state index in [2.05, 4.69) is 15.6 Å². The van der Waals surface area contributed by atoms with Gasteiger partial charge in [0, 0.05) is 36.7 Å². The van der Waals surface area contributed by atoms with Crippen molar-refractivity contribution in [3.63, 3.8) is 0 Å². The number of aromatic nitrogens is 1. The van der Waals surface area contributed by atoms with Gasteiger partial charge in [-0.15, -0.1) is 0 Å². The monoisotopic (exact) mass is 555 g/mol. The molecule has 2 fully saturated rings. The van der Waals surface area contributed by atoms with Crippen LogP contribution >= 0.6 is 0 Å². The largest absolute Gasteiger partial charge is 0.361 e. The van der Waals surface area contributed by atoms with Crippen LogP contribution in [0.25, 0.3) is 10.9 Å². The van der Waals surface area contributed by atoms with Crippen LogP contribution in [0.4, 0.5) is 4.39 Å². The molecule has 2 saturated carbocycles. The van der Waals surface area contributed by atoms with Crippen LogP contribution in [0.15, 0.2) is 59.8 Å². The minimum atomic E-state index is -0.691. The Morgan fingerprint density at radius 1 is 0.951 bits per heavy atom. The number of nitrogens with one attached hydrogen (secondary N) is 3. The molecule has 1 unspecified atom stereocenters. The zero-order valence-electron chi connectivity index (χ0n) is 23.6. The number of benzene rings is 2. The molecule has 0 radical (unpaired) electrons. The molecule has 6 rings (SSSR count). The summed E-state index contributed by atoms with van der Waals surface area (Å²) < 4.78 is 14.9. The first kappa shape index (κ1) is 27.4. The lowest BCUT2D eigenvalue weighted by Crippen LogP contribution is -2.37. The van der Waals surface area contributed by atoms with Crippen molar-refractivity contribution < 1.29 is 18.8 Å². The molecule has 3 aromatic rings. The summed E-state index contributed by atoms with van der Waals surface area (Å²) in [7, 11) is 0. The molecule has 2 heterocycles. The van der Waals surface area contributed by atoms with Crippen molar-refractivity contribution in [2.75, 3.05) is 6.54 Å². The Bertz CT molecular complexity index is 1510. The van der Waals surface area contributed by atoms with Crippen molar-refractivity contribution in [2.24, 2.45) is 17.8 Å². The normalized spacial score (nSPS) is 23.0. The van der Waals surface area contributed by atoms with Gasteiger partial charge in [0.05, 0.1) is 12.5 Å². The van der Waals surface area contributed by atoms with Gasteiger partial charge in [0.15, 0.2) is 5.78 Å². The number of ketones is 1. The first-order chi connectivity index (χ1) is 19.8. The molecular weight excluding hydrogens is 517 g/mol. The highest BCUT2D eigenvalue weighted by Gasteiger charge is 2.34. The number of carbonyl (C=O) groups excluding carboxylic acids is 3. The number of carbonyl (C=O) groups is 3. The Morgan fingerprint density at radius 2 is 1.71 bits per heavy atom. The van der Waals surface area contributed by atoms with E-state index >= 15 is 0 Å². The molecule has 1 aliphatic heterocycles. The van der Waals surface area contributed by atoms with Crippen LogP contribution in [-0.4, -0.2) is 29.1 Å². The number of halogens is 1. The van der Waals surface area contributed by atoms with Gasteiger partial charge in [0.25, 0.3) is 0 Å². The highest BCUT2D eigenvalue weighted by molar-refractivity contribution is 6.02. The van der Waals surface area contributed by atoms with E-state index in [1.54, 1.807) is 12.1 Å². The number of amides is 2. The molecule has 214 valence electrons. The fraction of sp³-hybridized carbons (Fsp3) is 0.441. The van der Waals surface area contributed by atoms with Gasteiger partial charge < -0.3 is 15.6 Å². The maximum atomic E-state index is 14.9.